The zero-order valence-electron chi connectivity index (χ0n) is 17.5. The summed E-state index contributed by atoms with van der Waals surface area (Å²) in [5.41, 5.74) is 2.18. The first-order valence-electron chi connectivity index (χ1n) is 10.6. The molecule has 0 N–H and O–H groups in total. The Morgan fingerprint density at radius 2 is 2.00 bits per heavy atom. The maximum absolute atomic E-state index is 13.4. The van der Waals surface area contributed by atoms with Gasteiger partial charge in [-0.1, -0.05) is 6.07 Å². The van der Waals surface area contributed by atoms with Crippen molar-refractivity contribution < 1.29 is 4.79 Å². The van der Waals surface area contributed by atoms with Gasteiger partial charge in [0.15, 0.2) is 0 Å². The average Bonchev–Trinajstić information content (AvgIpc) is 2.67. The molecule has 27 heavy (non-hydrogen) atoms. The van der Waals surface area contributed by atoms with E-state index in [-0.39, 0.29) is 12.0 Å². The molecule has 2 saturated heterocycles. The summed E-state index contributed by atoms with van der Waals surface area (Å²) in [5.74, 6) is 0.442. The number of carbonyl (C=O) groups excluding carboxylic acids is 1. The van der Waals surface area contributed by atoms with Crippen molar-refractivity contribution in [3.8, 4) is 0 Å². The second kappa shape index (κ2) is 9.16. The Kier molecular flexibility index (Phi) is 6.88. The summed E-state index contributed by atoms with van der Waals surface area (Å²) >= 11 is 0. The lowest BCUT2D eigenvalue weighted by Gasteiger charge is -2.42. The monoisotopic (exact) mass is 372 g/mol. The summed E-state index contributed by atoms with van der Waals surface area (Å²) in [6, 6.07) is 4.88. The van der Waals surface area contributed by atoms with E-state index in [9.17, 15) is 4.79 Å². The first kappa shape index (κ1) is 20.3. The summed E-state index contributed by atoms with van der Waals surface area (Å²) < 4.78 is 0. The van der Waals surface area contributed by atoms with Crippen LogP contribution in [0.5, 0.6) is 0 Å². The number of hydrogen-bond acceptors (Lipinski definition) is 4. The number of aryl methyl sites for hydroxylation is 1. The fourth-order valence-corrected chi connectivity index (χ4v) is 4.49. The Morgan fingerprint density at radius 3 is 2.67 bits per heavy atom. The highest BCUT2D eigenvalue weighted by molar-refractivity contribution is 5.79. The van der Waals surface area contributed by atoms with Crippen LogP contribution in [0.25, 0.3) is 0 Å². The molecule has 0 aromatic carbocycles. The van der Waals surface area contributed by atoms with Crippen LogP contribution in [0, 0.1) is 12.8 Å². The van der Waals surface area contributed by atoms with E-state index < -0.39 is 0 Å². The molecule has 0 aliphatic carbocycles. The van der Waals surface area contributed by atoms with Crippen molar-refractivity contribution in [2.75, 3.05) is 33.2 Å². The normalized spacial score (nSPS) is 22.9. The van der Waals surface area contributed by atoms with Gasteiger partial charge in [-0.05, 0) is 84.8 Å². The molecule has 3 rings (SSSR count). The molecule has 1 amide bonds. The first-order chi connectivity index (χ1) is 13.0. The number of pyridine rings is 1. The zero-order chi connectivity index (χ0) is 19.4. The van der Waals surface area contributed by atoms with E-state index >= 15 is 0 Å². The third kappa shape index (κ3) is 5.08. The highest BCUT2D eigenvalue weighted by atomic mass is 16.2. The number of aromatic nitrogens is 1. The number of likely N-dealkylation sites (tertiary alicyclic amines) is 2. The number of amides is 1. The lowest BCUT2D eigenvalue weighted by Crippen LogP contribution is -2.51. The molecule has 150 valence electrons. The van der Waals surface area contributed by atoms with Crippen LogP contribution in [-0.2, 0) is 11.3 Å². The number of rotatable bonds is 5. The zero-order valence-corrected chi connectivity index (χ0v) is 17.5. The van der Waals surface area contributed by atoms with Gasteiger partial charge in [-0.25, -0.2) is 0 Å². The predicted molar refractivity (Wildman–Crippen MR) is 109 cm³/mol. The van der Waals surface area contributed by atoms with Gasteiger partial charge in [0.05, 0.1) is 18.2 Å². The largest absolute Gasteiger partial charge is 0.334 e. The number of nitrogens with zero attached hydrogens (tertiary/aromatic N) is 4. The van der Waals surface area contributed by atoms with E-state index in [0.29, 0.717) is 18.5 Å². The third-order valence-corrected chi connectivity index (χ3v) is 6.35. The van der Waals surface area contributed by atoms with E-state index in [2.05, 4.69) is 48.7 Å². The number of carbonyl (C=O) groups is 1. The summed E-state index contributed by atoms with van der Waals surface area (Å²) in [6.07, 6.45) is 6.45. The smallest absolute Gasteiger partial charge is 0.227 e. The topological polar surface area (TPSA) is 39.7 Å². The SMILES string of the molecule is Cc1cccnc1CN(C(=O)[C@H]1CCCN(C2CCN(C)CC2)C1)C(C)C. The lowest BCUT2D eigenvalue weighted by molar-refractivity contribution is -0.140. The number of hydrogen-bond donors (Lipinski definition) is 0. The Balaban J connectivity index is 1.65. The van der Waals surface area contributed by atoms with Crippen molar-refractivity contribution in [3.05, 3.63) is 29.6 Å². The first-order valence-corrected chi connectivity index (χ1v) is 10.6. The second-order valence-corrected chi connectivity index (χ2v) is 8.70. The molecule has 3 heterocycles. The number of piperidine rings is 2. The van der Waals surface area contributed by atoms with Crippen molar-refractivity contribution in [2.45, 2.75) is 65.1 Å². The van der Waals surface area contributed by atoms with E-state index in [1.165, 1.54) is 25.9 Å². The molecular formula is C22H36N4O. The van der Waals surface area contributed by atoms with Gasteiger partial charge in [0.2, 0.25) is 5.91 Å². The molecule has 0 spiro atoms. The van der Waals surface area contributed by atoms with Crippen molar-refractivity contribution in [2.24, 2.45) is 5.92 Å². The molecule has 1 atom stereocenters. The maximum atomic E-state index is 13.4. The summed E-state index contributed by atoms with van der Waals surface area (Å²) in [7, 11) is 2.21. The van der Waals surface area contributed by atoms with E-state index in [4.69, 9.17) is 0 Å². The van der Waals surface area contributed by atoms with E-state index in [1.54, 1.807) is 0 Å². The molecule has 2 fully saturated rings. The van der Waals surface area contributed by atoms with Crippen LogP contribution in [0.3, 0.4) is 0 Å². The van der Waals surface area contributed by atoms with Crippen molar-refractivity contribution in [3.63, 3.8) is 0 Å². The molecule has 2 aliphatic rings. The van der Waals surface area contributed by atoms with Gasteiger partial charge in [0.1, 0.15) is 0 Å². The highest BCUT2D eigenvalue weighted by Gasteiger charge is 2.34. The summed E-state index contributed by atoms with van der Waals surface area (Å²) in [4.78, 5) is 25.0. The molecule has 0 bridgehead atoms. The second-order valence-electron chi connectivity index (χ2n) is 8.70. The predicted octanol–water partition coefficient (Wildman–Crippen LogP) is 2.93. The third-order valence-electron chi connectivity index (χ3n) is 6.35. The minimum atomic E-state index is 0.129. The molecule has 0 unspecified atom stereocenters. The van der Waals surface area contributed by atoms with Gasteiger partial charge in [0, 0.05) is 24.8 Å². The van der Waals surface area contributed by atoms with Crippen molar-refractivity contribution in [1.82, 2.24) is 19.7 Å². The molecular weight excluding hydrogens is 336 g/mol. The Hall–Kier alpha value is -1.46. The highest BCUT2D eigenvalue weighted by Crippen LogP contribution is 2.26. The quantitative estimate of drug-likeness (QED) is 0.797. The van der Waals surface area contributed by atoms with Crippen LogP contribution in [0.2, 0.25) is 0 Å². The van der Waals surface area contributed by atoms with E-state index in [0.717, 1.165) is 37.2 Å². The fraction of sp³-hybridized carbons (Fsp3) is 0.727. The van der Waals surface area contributed by atoms with Gasteiger partial charge in [-0.15, -0.1) is 0 Å². The van der Waals surface area contributed by atoms with Gasteiger partial charge in [-0.2, -0.15) is 0 Å². The lowest BCUT2D eigenvalue weighted by atomic mass is 9.92. The van der Waals surface area contributed by atoms with Gasteiger partial charge in [-0.3, -0.25) is 14.7 Å². The van der Waals surface area contributed by atoms with Crippen LogP contribution in [-0.4, -0.2) is 70.9 Å². The molecule has 1 aromatic rings. The van der Waals surface area contributed by atoms with Crippen molar-refractivity contribution >= 4 is 5.91 Å². The molecule has 5 heteroatoms. The van der Waals surface area contributed by atoms with Gasteiger partial charge >= 0.3 is 0 Å². The minimum Gasteiger partial charge on any atom is -0.334 e. The van der Waals surface area contributed by atoms with Gasteiger partial charge < -0.3 is 9.80 Å². The minimum absolute atomic E-state index is 0.129. The molecule has 5 nitrogen and oxygen atoms in total. The van der Waals surface area contributed by atoms with Crippen LogP contribution in [0.1, 0.15) is 50.8 Å². The van der Waals surface area contributed by atoms with Gasteiger partial charge in [0.25, 0.3) is 0 Å². The molecule has 0 saturated carbocycles. The Labute approximate surface area is 164 Å². The van der Waals surface area contributed by atoms with Crippen LogP contribution >= 0.6 is 0 Å². The maximum Gasteiger partial charge on any atom is 0.227 e. The summed E-state index contributed by atoms with van der Waals surface area (Å²) in [6.45, 7) is 11.4. The standard InChI is InChI=1S/C22H36N4O/c1-17(2)26(16-21-18(3)7-5-11-23-21)22(27)19-8-6-12-25(15-19)20-9-13-24(4)14-10-20/h5,7,11,17,19-20H,6,8-10,12-16H2,1-4H3/t19-/m0/s1. The van der Waals surface area contributed by atoms with E-state index in [1.807, 2.05) is 17.2 Å². The van der Waals surface area contributed by atoms with Crippen LogP contribution in [0.15, 0.2) is 18.3 Å². The van der Waals surface area contributed by atoms with Crippen LogP contribution in [0.4, 0.5) is 0 Å². The average molecular weight is 373 g/mol. The molecule has 1 aromatic heterocycles. The Bertz CT molecular complexity index is 624. The Morgan fingerprint density at radius 1 is 1.26 bits per heavy atom. The fourth-order valence-electron chi connectivity index (χ4n) is 4.49. The van der Waals surface area contributed by atoms with Crippen LogP contribution < -0.4 is 0 Å². The summed E-state index contributed by atoms with van der Waals surface area (Å²) in [5, 5.41) is 0. The molecule has 0 radical (unpaired) electrons. The van der Waals surface area contributed by atoms with Crippen molar-refractivity contribution in [1.29, 1.82) is 0 Å². The molecule has 2 aliphatic heterocycles.